The van der Waals surface area contributed by atoms with Gasteiger partial charge in [-0.15, -0.1) is 0 Å². The first-order valence-corrected chi connectivity index (χ1v) is 6.79. The van der Waals surface area contributed by atoms with Crippen LogP contribution in [-0.4, -0.2) is 5.78 Å². The average molecular weight is 271 g/mol. The molecule has 1 nitrogen and oxygen atoms in total. The number of halogens is 1. The second-order valence-electron chi connectivity index (χ2n) is 5.72. The highest BCUT2D eigenvalue weighted by Crippen LogP contribution is 2.40. The van der Waals surface area contributed by atoms with Crippen molar-refractivity contribution in [3.63, 3.8) is 0 Å². The van der Waals surface area contributed by atoms with Crippen molar-refractivity contribution in [3.05, 3.63) is 58.6 Å². The predicted octanol–water partition coefficient (Wildman–Crippen LogP) is 4.87. The number of benzene rings is 2. The number of ketones is 1. The summed E-state index contributed by atoms with van der Waals surface area (Å²) in [5.74, 6) is 0.241. The van der Waals surface area contributed by atoms with Crippen LogP contribution in [0.25, 0.3) is 11.1 Å². The van der Waals surface area contributed by atoms with Crippen LogP contribution in [0, 0.1) is 0 Å². The second kappa shape index (κ2) is 4.21. The molecule has 2 aromatic carbocycles. The topological polar surface area (TPSA) is 17.1 Å². The van der Waals surface area contributed by atoms with Crippen molar-refractivity contribution in [1.29, 1.82) is 0 Å². The Kier molecular flexibility index (Phi) is 2.75. The minimum absolute atomic E-state index is 0.0797. The van der Waals surface area contributed by atoms with Gasteiger partial charge in [-0.2, -0.15) is 0 Å². The third kappa shape index (κ3) is 1.98. The van der Waals surface area contributed by atoms with Crippen molar-refractivity contribution < 1.29 is 4.79 Å². The molecule has 0 N–H and O–H groups in total. The first kappa shape index (κ1) is 12.4. The van der Waals surface area contributed by atoms with Crippen LogP contribution in [0.1, 0.15) is 36.2 Å². The summed E-state index contributed by atoms with van der Waals surface area (Å²) in [6, 6.07) is 13.8. The lowest BCUT2D eigenvalue weighted by Crippen LogP contribution is -2.12. The molecule has 2 aromatic rings. The molecule has 0 aromatic heterocycles. The normalized spacial score (nSPS) is 16.5. The predicted molar refractivity (Wildman–Crippen MR) is 78.9 cm³/mol. The van der Waals surface area contributed by atoms with Crippen LogP contribution in [0.5, 0.6) is 0 Å². The standard InChI is InChI=1S/C17H15ClO/c1-17(2)10-16(19)13-8-7-11(9-14(13)17)12-5-3-4-6-15(12)18/h3-9H,10H2,1-2H3. The molecule has 0 unspecified atom stereocenters. The summed E-state index contributed by atoms with van der Waals surface area (Å²) in [4.78, 5) is 12.0. The van der Waals surface area contributed by atoms with E-state index in [0.717, 1.165) is 27.3 Å². The summed E-state index contributed by atoms with van der Waals surface area (Å²) in [6.07, 6.45) is 0.592. The highest BCUT2D eigenvalue weighted by atomic mass is 35.5. The zero-order chi connectivity index (χ0) is 13.6. The van der Waals surface area contributed by atoms with Crippen LogP contribution in [0.3, 0.4) is 0 Å². The molecule has 0 atom stereocenters. The van der Waals surface area contributed by atoms with E-state index in [1.54, 1.807) is 0 Å². The van der Waals surface area contributed by atoms with Crippen LogP contribution >= 0.6 is 11.6 Å². The maximum atomic E-state index is 12.0. The fourth-order valence-electron chi connectivity index (χ4n) is 2.80. The molecule has 1 aliphatic rings. The van der Waals surface area contributed by atoms with E-state index < -0.39 is 0 Å². The number of carbonyl (C=O) groups is 1. The Hall–Kier alpha value is -1.60. The van der Waals surface area contributed by atoms with Crippen molar-refractivity contribution in [1.82, 2.24) is 0 Å². The lowest BCUT2D eigenvalue weighted by molar-refractivity contribution is 0.0979. The molecule has 96 valence electrons. The summed E-state index contributed by atoms with van der Waals surface area (Å²) in [7, 11) is 0. The highest BCUT2D eigenvalue weighted by Gasteiger charge is 2.35. The number of hydrogen-bond acceptors (Lipinski definition) is 1. The van der Waals surface area contributed by atoms with Crippen LogP contribution in [0.2, 0.25) is 5.02 Å². The highest BCUT2D eigenvalue weighted by molar-refractivity contribution is 6.33. The van der Waals surface area contributed by atoms with Crippen molar-refractivity contribution in [2.24, 2.45) is 0 Å². The minimum Gasteiger partial charge on any atom is -0.294 e. The molecule has 3 rings (SSSR count). The Morgan fingerprint density at radius 1 is 1.05 bits per heavy atom. The van der Waals surface area contributed by atoms with Gasteiger partial charge >= 0.3 is 0 Å². The summed E-state index contributed by atoms with van der Waals surface area (Å²) < 4.78 is 0. The van der Waals surface area contributed by atoms with Gasteiger partial charge in [0.15, 0.2) is 5.78 Å². The molecular formula is C17H15ClO. The van der Waals surface area contributed by atoms with Gasteiger partial charge in [0.25, 0.3) is 0 Å². The van der Waals surface area contributed by atoms with Crippen molar-refractivity contribution in [2.45, 2.75) is 25.7 Å². The molecule has 0 fully saturated rings. The second-order valence-corrected chi connectivity index (χ2v) is 6.13. The fourth-order valence-corrected chi connectivity index (χ4v) is 3.05. The van der Waals surface area contributed by atoms with E-state index in [4.69, 9.17) is 11.6 Å². The molecule has 0 amide bonds. The molecule has 0 heterocycles. The van der Waals surface area contributed by atoms with E-state index >= 15 is 0 Å². The van der Waals surface area contributed by atoms with E-state index in [-0.39, 0.29) is 11.2 Å². The lowest BCUT2D eigenvalue weighted by atomic mass is 9.85. The Bertz CT molecular complexity index is 671. The maximum Gasteiger partial charge on any atom is 0.164 e. The molecule has 19 heavy (non-hydrogen) atoms. The van der Waals surface area contributed by atoms with Gasteiger partial charge in [-0.25, -0.2) is 0 Å². The molecule has 0 aliphatic heterocycles. The van der Waals surface area contributed by atoms with Gasteiger partial charge in [0, 0.05) is 22.6 Å². The summed E-state index contributed by atoms with van der Waals surface area (Å²) in [5, 5.41) is 0.740. The van der Waals surface area contributed by atoms with E-state index in [1.165, 1.54) is 0 Å². The molecule has 2 heteroatoms. The third-order valence-electron chi connectivity index (χ3n) is 3.84. The van der Waals surface area contributed by atoms with Gasteiger partial charge < -0.3 is 0 Å². The van der Waals surface area contributed by atoms with Crippen molar-refractivity contribution in [2.75, 3.05) is 0 Å². The molecule has 1 aliphatic carbocycles. The van der Waals surface area contributed by atoms with Crippen LogP contribution < -0.4 is 0 Å². The van der Waals surface area contributed by atoms with Crippen LogP contribution in [0.15, 0.2) is 42.5 Å². The lowest BCUT2D eigenvalue weighted by Gasteiger charge is -2.18. The Morgan fingerprint density at radius 2 is 1.79 bits per heavy atom. The summed E-state index contributed by atoms with van der Waals surface area (Å²) in [6.45, 7) is 4.24. The number of rotatable bonds is 1. The molecule has 0 saturated carbocycles. The largest absolute Gasteiger partial charge is 0.294 e. The Balaban J connectivity index is 2.18. The Morgan fingerprint density at radius 3 is 2.53 bits per heavy atom. The van der Waals surface area contributed by atoms with E-state index in [2.05, 4.69) is 19.9 Å². The third-order valence-corrected chi connectivity index (χ3v) is 4.17. The monoisotopic (exact) mass is 270 g/mol. The van der Waals surface area contributed by atoms with Gasteiger partial charge in [0.05, 0.1) is 0 Å². The average Bonchev–Trinajstić information content (AvgIpc) is 2.60. The van der Waals surface area contributed by atoms with Gasteiger partial charge in [0.2, 0.25) is 0 Å². The zero-order valence-corrected chi connectivity index (χ0v) is 11.8. The minimum atomic E-state index is -0.0797. The van der Waals surface area contributed by atoms with Gasteiger partial charge in [0.1, 0.15) is 0 Å². The van der Waals surface area contributed by atoms with Crippen molar-refractivity contribution >= 4 is 17.4 Å². The quantitative estimate of drug-likeness (QED) is 0.722. The number of Topliss-reactive ketones (excluding diaryl/α,β-unsaturated/α-hetero) is 1. The van der Waals surface area contributed by atoms with E-state index in [0.29, 0.717) is 6.42 Å². The fraction of sp³-hybridized carbons (Fsp3) is 0.235. The zero-order valence-electron chi connectivity index (χ0n) is 11.0. The number of fused-ring (bicyclic) bond motifs is 1. The number of hydrogen-bond donors (Lipinski definition) is 0. The Labute approximate surface area is 118 Å². The first-order valence-electron chi connectivity index (χ1n) is 6.42. The van der Waals surface area contributed by atoms with Crippen molar-refractivity contribution in [3.8, 4) is 11.1 Å². The van der Waals surface area contributed by atoms with Gasteiger partial charge in [-0.3, -0.25) is 4.79 Å². The van der Waals surface area contributed by atoms with Gasteiger partial charge in [-0.05, 0) is 28.7 Å². The van der Waals surface area contributed by atoms with E-state index in [1.807, 2.05) is 36.4 Å². The van der Waals surface area contributed by atoms with Crippen LogP contribution in [-0.2, 0) is 5.41 Å². The molecular weight excluding hydrogens is 256 g/mol. The first-order chi connectivity index (χ1) is 8.99. The van der Waals surface area contributed by atoms with Crippen LogP contribution in [0.4, 0.5) is 0 Å². The summed E-state index contributed by atoms with van der Waals surface area (Å²) >= 11 is 6.24. The number of carbonyl (C=O) groups excluding carboxylic acids is 1. The molecule has 0 radical (unpaired) electrons. The molecule has 0 saturated heterocycles. The maximum absolute atomic E-state index is 12.0. The SMILES string of the molecule is CC1(C)CC(=O)c2ccc(-c3ccccc3Cl)cc21. The molecule has 0 spiro atoms. The van der Waals surface area contributed by atoms with Gasteiger partial charge in [-0.1, -0.05) is 55.8 Å². The summed E-state index contributed by atoms with van der Waals surface area (Å²) in [5.41, 5.74) is 4.01. The molecule has 0 bridgehead atoms. The van der Waals surface area contributed by atoms with E-state index in [9.17, 15) is 4.79 Å². The smallest absolute Gasteiger partial charge is 0.164 e.